The van der Waals surface area contributed by atoms with E-state index in [4.69, 9.17) is 9.84 Å². The molecule has 112 valence electrons. The van der Waals surface area contributed by atoms with Gasteiger partial charge in [0.05, 0.1) is 23.7 Å². The van der Waals surface area contributed by atoms with Crippen LogP contribution in [0.15, 0.2) is 23.6 Å². The molecule has 2 aromatic rings. The highest BCUT2D eigenvalue weighted by atomic mass is 32.1. The number of rotatable bonds is 7. The predicted octanol–water partition coefficient (Wildman–Crippen LogP) is 3.40. The molecule has 0 aliphatic rings. The van der Waals surface area contributed by atoms with Gasteiger partial charge in [0.25, 0.3) is 0 Å². The number of thiazole rings is 1. The summed E-state index contributed by atoms with van der Waals surface area (Å²) in [5.41, 5.74) is 2.96. The largest absolute Gasteiger partial charge is 0.493 e. The zero-order chi connectivity index (χ0) is 15.2. The summed E-state index contributed by atoms with van der Waals surface area (Å²) < 4.78 is 5.79. The van der Waals surface area contributed by atoms with Crippen molar-refractivity contribution in [1.82, 2.24) is 4.98 Å². The topological polar surface area (TPSA) is 59.4 Å². The van der Waals surface area contributed by atoms with E-state index >= 15 is 0 Å². The molecular weight excluding hydrogens is 286 g/mol. The van der Waals surface area contributed by atoms with E-state index in [9.17, 15) is 4.79 Å². The number of aliphatic carboxylic acids is 1. The Kier molecular flexibility index (Phi) is 5.33. The minimum atomic E-state index is -0.842. The standard InChI is InChI=1S/C16H19NO3S/c1-11-5-6-12(2)14(8-11)20-7-3-4-15-17-13(10-21-15)9-16(18)19/h5-6,8,10H,3-4,7,9H2,1-2H3,(H,18,19). The van der Waals surface area contributed by atoms with Gasteiger partial charge < -0.3 is 9.84 Å². The highest BCUT2D eigenvalue weighted by Crippen LogP contribution is 2.19. The summed E-state index contributed by atoms with van der Waals surface area (Å²) in [7, 11) is 0. The van der Waals surface area contributed by atoms with Crippen LogP contribution in [-0.2, 0) is 17.6 Å². The van der Waals surface area contributed by atoms with E-state index in [2.05, 4.69) is 17.1 Å². The second kappa shape index (κ2) is 7.22. The molecule has 4 nitrogen and oxygen atoms in total. The third-order valence-electron chi connectivity index (χ3n) is 3.07. The summed E-state index contributed by atoms with van der Waals surface area (Å²) >= 11 is 1.51. The summed E-state index contributed by atoms with van der Waals surface area (Å²) in [6.07, 6.45) is 1.68. The van der Waals surface area contributed by atoms with E-state index < -0.39 is 5.97 Å². The molecule has 0 atom stereocenters. The molecule has 0 fully saturated rings. The highest BCUT2D eigenvalue weighted by molar-refractivity contribution is 7.09. The molecule has 1 aromatic carbocycles. The predicted molar refractivity (Wildman–Crippen MR) is 83.2 cm³/mol. The zero-order valence-electron chi connectivity index (χ0n) is 12.3. The molecule has 0 bridgehead atoms. The van der Waals surface area contributed by atoms with Crippen molar-refractivity contribution in [2.75, 3.05) is 6.61 Å². The number of carbonyl (C=O) groups is 1. The van der Waals surface area contributed by atoms with Gasteiger partial charge in [-0.05, 0) is 37.5 Å². The average Bonchev–Trinajstić information content (AvgIpc) is 2.85. The monoisotopic (exact) mass is 305 g/mol. The number of hydrogen-bond acceptors (Lipinski definition) is 4. The van der Waals surface area contributed by atoms with Crippen LogP contribution in [0.1, 0.15) is 28.2 Å². The second-order valence-electron chi connectivity index (χ2n) is 5.02. The van der Waals surface area contributed by atoms with Gasteiger partial charge in [-0.1, -0.05) is 12.1 Å². The van der Waals surface area contributed by atoms with Crippen LogP contribution >= 0.6 is 11.3 Å². The van der Waals surface area contributed by atoms with Gasteiger partial charge in [-0.2, -0.15) is 0 Å². The van der Waals surface area contributed by atoms with E-state index in [-0.39, 0.29) is 6.42 Å². The third kappa shape index (κ3) is 4.86. The zero-order valence-corrected chi connectivity index (χ0v) is 13.1. The summed E-state index contributed by atoms with van der Waals surface area (Å²) in [6, 6.07) is 6.18. The van der Waals surface area contributed by atoms with E-state index in [1.807, 2.05) is 25.3 Å². The normalized spacial score (nSPS) is 10.6. The first-order valence-corrected chi connectivity index (χ1v) is 7.77. The molecule has 0 radical (unpaired) electrons. The van der Waals surface area contributed by atoms with Crippen molar-refractivity contribution in [3.63, 3.8) is 0 Å². The number of carboxylic acids is 1. The molecule has 0 unspecified atom stereocenters. The minimum absolute atomic E-state index is 0.00448. The van der Waals surface area contributed by atoms with Gasteiger partial charge in [-0.3, -0.25) is 4.79 Å². The SMILES string of the molecule is Cc1ccc(C)c(OCCCc2nc(CC(=O)O)cs2)c1. The molecule has 1 aromatic heterocycles. The molecule has 0 saturated heterocycles. The fourth-order valence-corrected chi connectivity index (χ4v) is 2.81. The van der Waals surface area contributed by atoms with Gasteiger partial charge in [0.1, 0.15) is 5.75 Å². The molecule has 0 aliphatic carbocycles. The van der Waals surface area contributed by atoms with Crippen LogP contribution in [0, 0.1) is 13.8 Å². The lowest BCUT2D eigenvalue weighted by atomic mass is 10.1. The van der Waals surface area contributed by atoms with Crippen LogP contribution in [0.25, 0.3) is 0 Å². The van der Waals surface area contributed by atoms with Crippen LogP contribution in [0.2, 0.25) is 0 Å². The molecular formula is C16H19NO3S. The first kappa shape index (κ1) is 15.5. The van der Waals surface area contributed by atoms with Crippen LogP contribution in [0.5, 0.6) is 5.75 Å². The van der Waals surface area contributed by atoms with Crippen LogP contribution in [0.4, 0.5) is 0 Å². The smallest absolute Gasteiger partial charge is 0.309 e. The van der Waals surface area contributed by atoms with Gasteiger partial charge >= 0.3 is 5.97 Å². The first-order chi connectivity index (χ1) is 10.0. The lowest BCUT2D eigenvalue weighted by Crippen LogP contribution is -2.02. The number of aryl methyl sites for hydroxylation is 3. The second-order valence-corrected chi connectivity index (χ2v) is 5.97. The summed E-state index contributed by atoms with van der Waals surface area (Å²) in [6.45, 7) is 4.72. The van der Waals surface area contributed by atoms with Crippen molar-refractivity contribution in [3.05, 3.63) is 45.4 Å². The molecule has 21 heavy (non-hydrogen) atoms. The fourth-order valence-electron chi connectivity index (χ4n) is 1.97. The number of nitrogens with zero attached hydrogens (tertiary/aromatic N) is 1. The Morgan fingerprint density at radius 2 is 2.19 bits per heavy atom. The Labute approximate surface area is 128 Å². The van der Waals surface area contributed by atoms with E-state index in [0.717, 1.165) is 29.2 Å². The summed E-state index contributed by atoms with van der Waals surface area (Å²) in [5.74, 6) is 0.0887. The van der Waals surface area contributed by atoms with Crippen molar-refractivity contribution in [2.45, 2.75) is 33.1 Å². The summed E-state index contributed by atoms with van der Waals surface area (Å²) in [5, 5.41) is 11.5. The van der Waals surface area contributed by atoms with Crippen molar-refractivity contribution in [3.8, 4) is 5.75 Å². The highest BCUT2D eigenvalue weighted by Gasteiger charge is 2.06. The number of aromatic nitrogens is 1. The number of benzene rings is 1. The van der Waals surface area contributed by atoms with Crippen molar-refractivity contribution < 1.29 is 14.6 Å². The quantitative estimate of drug-likeness (QED) is 0.797. The average molecular weight is 305 g/mol. The van der Waals surface area contributed by atoms with Gasteiger partial charge in [0, 0.05) is 11.8 Å². The minimum Gasteiger partial charge on any atom is -0.493 e. The van der Waals surface area contributed by atoms with Gasteiger partial charge in [-0.15, -0.1) is 11.3 Å². The van der Waals surface area contributed by atoms with E-state index in [0.29, 0.717) is 12.3 Å². The summed E-state index contributed by atoms with van der Waals surface area (Å²) in [4.78, 5) is 14.9. The number of carboxylic acid groups (broad SMARTS) is 1. The lowest BCUT2D eigenvalue weighted by molar-refractivity contribution is -0.136. The first-order valence-electron chi connectivity index (χ1n) is 6.89. The Hall–Kier alpha value is -1.88. The van der Waals surface area contributed by atoms with Gasteiger partial charge in [0.2, 0.25) is 0 Å². The van der Waals surface area contributed by atoms with E-state index in [1.165, 1.54) is 16.9 Å². The molecule has 0 aliphatic heterocycles. The third-order valence-corrected chi connectivity index (χ3v) is 4.03. The van der Waals surface area contributed by atoms with Crippen LogP contribution in [0.3, 0.4) is 0 Å². The molecule has 1 heterocycles. The molecule has 0 amide bonds. The van der Waals surface area contributed by atoms with Crippen molar-refractivity contribution in [1.29, 1.82) is 0 Å². The maximum atomic E-state index is 10.6. The fraction of sp³-hybridized carbons (Fsp3) is 0.375. The van der Waals surface area contributed by atoms with Gasteiger partial charge in [-0.25, -0.2) is 4.98 Å². The van der Waals surface area contributed by atoms with Crippen molar-refractivity contribution >= 4 is 17.3 Å². The Bertz CT molecular complexity index is 622. The van der Waals surface area contributed by atoms with Crippen molar-refractivity contribution in [2.24, 2.45) is 0 Å². The molecule has 1 N–H and O–H groups in total. The molecule has 2 rings (SSSR count). The van der Waals surface area contributed by atoms with Crippen LogP contribution in [-0.4, -0.2) is 22.7 Å². The Morgan fingerprint density at radius 1 is 1.38 bits per heavy atom. The maximum absolute atomic E-state index is 10.6. The number of hydrogen-bond donors (Lipinski definition) is 1. The molecule has 5 heteroatoms. The molecule has 0 saturated carbocycles. The lowest BCUT2D eigenvalue weighted by Gasteiger charge is -2.09. The number of ether oxygens (including phenoxy) is 1. The Morgan fingerprint density at radius 3 is 2.95 bits per heavy atom. The Balaban J connectivity index is 1.78. The van der Waals surface area contributed by atoms with E-state index in [1.54, 1.807) is 0 Å². The molecule has 0 spiro atoms. The maximum Gasteiger partial charge on any atom is 0.309 e. The van der Waals surface area contributed by atoms with Crippen LogP contribution < -0.4 is 4.74 Å². The van der Waals surface area contributed by atoms with Gasteiger partial charge in [0.15, 0.2) is 0 Å².